The molecule has 0 aliphatic carbocycles. The van der Waals surface area contributed by atoms with Crippen LogP contribution < -0.4 is 5.73 Å². The number of nitrogens with two attached hydrogens (primary N) is 1. The molecule has 0 amide bonds. The van der Waals surface area contributed by atoms with Gasteiger partial charge in [-0.25, -0.2) is 0 Å². The third kappa shape index (κ3) is 0.992. The first-order valence-electron chi connectivity index (χ1n) is 3.32. The van der Waals surface area contributed by atoms with Gasteiger partial charge < -0.3 is 10.6 Å². The quantitative estimate of drug-likeness (QED) is 0.539. The summed E-state index contributed by atoms with van der Waals surface area (Å²) in [6.45, 7) is 6.05. The number of rotatable bonds is 1. The molecule has 0 fully saturated rings. The van der Waals surface area contributed by atoms with E-state index < -0.39 is 0 Å². The second kappa shape index (κ2) is 2.25. The molecule has 9 heavy (non-hydrogen) atoms. The van der Waals surface area contributed by atoms with Crippen LogP contribution in [0.2, 0.25) is 0 Å². The predicted molar refractivity (Wildman–Crippen MR) is 38.3 cm³/mol. The third-order valence-electron chi connectivity index (χ3n) is 1.68. The number of guanidine groups is 1. The lowest BCUT2D eigenvalue weighted by Crippen LogP contribution is -2.38. The van der Waals surface area contributed by atoms with Crippen LogP contribution in [-0.4, -0.2) is 30.0 Å². The standard InChI is InChI=1S/C6H13N3/c1-3-9-5(2)4-8-6(9)7/h5H,3-4H2,1-2H3,(H2,7,8). The van der Waals surface area contributed by atoms with Gasteiger partial charge in [-0.3, -0.25) is 4.99 Å². The fraction of sp³-hybridized carbons (Fsp3) is 0.833. The Balaban J connectivity index is 2.57. The Morgan fingerprint density at radius 2 is 2.56 bits per heavy atom. The minimum absolute atomic E-state index is 0.509. The summed E-state index contributed by atoms with van der Waals surface area (Å²) in [5.41, 5.74) is 5.56. The van der Waals surface area contributed by atoms with Crippen molar-refractivity contribution in [2.75, 3.05) is 13.1 Å². The molecule has 0 saturated carbocycles. The van der Waals surface area contributed by atoms with E-state index in [1.165, 1.54) is 0 Å². The molecule has 52 valence electrons. The SMILES string of the molecule is CCN1C(N)=NCC1C. The van der Waals surface area contributed by atoms with Gasteiger partial charge in [0.2, 0.25) is 0 Å². The van der Waals surface area contributed by atoms with Gasteiger partial charge in [0.05, 0.1) is 6.54 Å². The Kier molecular flexibility index (Phi) is 1.60. The normalized spacial score (nSPS) is 26.7. The van der Waals surface area contributed by atoms with E-state index in [9.17, 15) is 0 Å². The van der Waals surface area contributed by atoms with E-state index in [4.69, 9.17) is 5.73 Å². The molecule has 1 heterocycles. The van der Waals surface area contributed by atoms with Crippen molar-refractivity contribution in [3.05, 3.63) is 0 Å². The molecule has 1 unspecified atom stereocenters. The average Bonchev–Trinajstić information content (AvgIpc) is 2.12. The smallest absolute Gasteiger partial charge is 0.191 e. The van der Waals surface area contributed by atoms with E-state index in [1.807, 2.05) is 0 Å². The fourth-order valence-electron chi connectivity index (χ4n) is 1.11. The minimum Gasteiger partial charge on any atom is -0.370 e. The van der Waals surface area contributed by atoms with Crippen molar-refractivity contribution >= 4 is 5.96 Å². The van der Waals surface area contributed by atoms with Crippen molar-refractivity contribution in [2.45, 2.75) is 19.9 Å². The molecule has 3 heteroatoms. The van der Waals surface area contributed by atoms with Crippen LogP contribution >= 0.6 is 0 Å². The molecule has 0 saturated heterocycles. The highest BCUT2D eigenvalue weighted by atomic mass is 15.3. The van der Waals surface area contributed by atoms with Crippen molar-refractivity contribution < 1.29 is 0 Å². The van der Waals surface area contributed by atoms with E-state index >= 15 is 0 Å². The summed E-state index contributed by atoms with van der Waals surface area (Å²) < 4.78 is 0. The highest BCUT2D eigenvalue weighted by Gasteiger charge is 2.18. The summed E-state index contributed by atoms with van der Waals surface area (Å²) in [7, 11) is 0. The molecule has 1 atom stereocenters. The molecule has 1 aliphatic rings. The van der Waals surface area contributed by atoms with Crippen molar-refractivity contribution in [1.82, 2.24) is 4.90 Å². The van der Waals surface area contributed by atoms with Gasteiger partial charge in [-0.1, -0.05) is 0 Å². The summed E-state index contributed by atoms with van der Waals surface area (Å²) in [5, 5.41) is 0. The first-order chi connectivity index (χ1) is 4.25. The monoisotopic (exact) mass is 127 g/mol. The Labute approximate surface area is 55.6 Å². The van der Waals surface area contributed by atoms with E-state index in [0.717, 1.165) is 13.1 Å². The molecule has 2 N–H and O–H groups in total. The van der Waals surface area contributed by atoms with Crippen LogP contribution in [0.5, 0.6) is 0 Å². The molecule has 0 radical (unpaired) electrons. The van der Waals surface area contributed by atoms with Gasteiger partial charge in [-0.2, -0.15) is 0 Å². The maximum atomic E-state index is 5.56. The summed E-state index contributed by atoms with van der Waals surface area (Å²) in [4.78, 5) is 6.19. The minimum atomic E-state index is 0.509. The summed E-state index contributed by atoms with van der Waals surface area (Å²) >= 11 is 0. The Morgan fingerprint density at radius 1 is 1.89 bits per heavy atom. The van der Waals surface area contributed by atoms with Gasteiger partial charge in [0.15, 0.2) is 5.96 Å². The summed E-state index contributed by atoms with van der Waals surface area (Å²) in [6.07, 6.45) is 0. The molecule has 0 spiro atoms. The molecule has 0 aromatic rings. The Bertz CT molecular complexity index is 130. The van der Waals surface area contributed by atoms with Gasteiger partial charge in [-0.15, -0.1) is 0 Å². The molecule has 1 rings (SSSR count). The fourth-order valence-corrected chi connectivity index (χ4v) is 1.11. The highest BCUT2D eigenvalue weighted by Crippen LogP contribution is 2.05. The van der Waals surface area contributed by atoms with Gasteiger partial charge in [0, 0.05) is 12.6 Å². The lowest BCUT2D eigenvalue weighted by atomic mass is 10.3. The van der Waals surface area contributed by atoms with Crippen LogP contribution in [0.15, 0.2) is 4.99 Å². The molecule has 1 aliphatic heterocycles. The number of likely N-dealkylation sites (N-methyl/N-ethyl adjacent to an activating group) is 1. The largest absolute Gasteiger partial charge is 0.370 e. The first-order valence-corrected chi connectivity index (χ1v) is 3.32. The second-order valence-corrected chi connectivity index (χ2v) is 2.33. The predicted octanol–water partition coefficient (Wildman–Crippen LogP) is 0.0251. The van der Waals surface area contributed by atoms with Crippen LogP contribution in [0.3, 0.4) is 0 Å². The van der Waals surface area contributed by atoms with E-state index in [1.54, 1.807) is 0 Å². The maximum absolute atomic E-state index is 5.56. The van der Waals surface area contributed by atoms with Crippen LogP contribution in [0.25, 0.3) is 0 Å². The van der Waals surface area contributed by atoms with E-state index in [2.05, 4.69) is 23.7 Å². The zero-order chi connectivity index (χ0) is 6.85. The number of hydrogen-bond acceptors (Lipinski definition) is 3. The molecule has 0 aromatic carbocycles. The zero-order valence-electron chi connectivity index (χ0n) is 5.96. The topological polar surface area (TPSA) is 41.6 Å². The highest BCUT2D eigenvalue weighted by molar-refractivity contribution is 5.79. The molecular formula is C6H13N3. The average molecular weight is 127 g/mol. The second-order valence-electron chi connectivity index (χ2n) is 2.33. The third-order valence-corrected chi connectivity index (χ3v) is 1.68. The van der Waals surface area contributed by atoms with Gasteiger partial charge in [0.1, 0.15) is 0 Å². The van der Waals surface area contributed by atoms with Crippen LogP contribution in [-0.2, 0) is 0 Å². The lowest BCUT2D eigenvalue weighted by Gasteiger charge is -2.20. The van der Waals surface area contributed by atoms with Crippen molar-refractivity contribution in [3.8, 4) is 0 Å². The van der Waals surface area contributed by atoms with Crippen molar-refractivity contribution in [3.63, 3.8) is 0 Å². The van der Waals surface area contributed by atoms with Gasteiger partial charge in [-0.05, 0) is 13.8 Å². The van der Waals surface area contributed by atoms with E-state index in [0.29, 0.717) is 12.0 Å². The number of nitrogens with zero attached hydrogens (tertiary/aromatic N) is 2. The van der Waals surface area contributed by atoms with Gasteiger partial charge in [0.25, 0.3) is 0 Å². The molecule has 0 aromatic heterocycles. The van der Waals surface area contributed by atoms with Crippen LogP contribution in [0, 0.1) is 0 Å². The Hall–Kier alpha value is -0.730. The molecule has 0 bridgehead atoms. The van der Waals surface area contributed by atoms with Crippen LogP contribution in [0.4, 0.5) is 0 Å². The molecule has 3 nitrogen and oxygen atoms in total. The Morgan fingerprint density at radius 3 is 2.78 bits per heavy atom. The lowest BCUT2D eigenvalue weighted by molar-refractivity contribution is 0.378. The number of aliphatic imine (C=N–C) groups is 1. The summed E-state index contributed by atoms with van der Waals surface area (Å²) in [5.74, 6) is 0.699. The van der Waals surface area contributed by atoms with Crippen molar-refractivity contribution in [2.24, 2.45) is 10.7 Å². The zero-order valence-corrected chi connectivity index (χ0v) is 5.96. The van der Waals surface area contributed by atoms with Crippen molar-refractivity contribution in [1.29, 1.82) is 0 Å². The molecular weight excluding hydrogens is 114 g/mol. The van der Waals surface area contributed by atoms with E-state index in [-0.39, 0.29) is 0 Å². The summed E-state index contributed by atoms with van der Waals surface area (Å²) in [6, 6.07) is 0.509. The number of hydrogen-bond donors (Lipinski definition) is 1. The maximum Gasteiger partial charge on any atom is 0.191 e. The first kappa shape index (κ1) is 6.39. The van der Waals surface area contributed by atoms with Crippen LogP contribution in [0.1, 0.15) is 13.8 Å². The van der Waals surface area contributed by atoms with Gasteiger partial charge >= 0.3 is 0 Å².